The van der Waals surface area contributed by atoms with Crippen molar-refractivity contribution in [2.24, 2.45) is 0 Å². The van der Waals surface area contributed by atoms with Crippen LogP contribution in [0.15, 0.2) is 45.5 Å². The fourth-order valence-electron chi connectivity index (χ4n) is 3.44. The molecule has 0 amide bonds. The number of fused-ring (bicyclic) bond motifs is 1. The molecule has 0 saturated heterocycles. The van der Waals surface area contributed by atoms with Crippen LogP contribution in [0.3, 0.4) is 0 Å². The molecule has 2 heterocycles. The van der Waals surface area contributed by atoms with Crippen LogP contribution < -0.4 is 5.32 Å². The molecule has 2 aromatic rings. The number of nitrogens with one attached hydrogen (secondary N) is 1. The van der Waals surface area contributed by atoms with Crippen LogP contribution in [0, 0.1) is 20.2 Å². The summed E-state index contributed by atoms with van der Waals surface area (Å²) in [6, 6.07) is 4.90. The molecule has 0 fully saturated rings. The lowest BCUT2D eigenvalue weighted by atomic mass is 9.83. The molecule has 1 unspecified atom stereocenters. The Morgan fingerprint density at radius 1 is 1.16 bits per heavy atom. The number of unbranched alkanes of at least 4 members (excludes halogenated alkanes) is 1. The molecule has 1 aromatic heterocycles. The fraction of sp³-hybridized carbons (Fsp3) is 0.389. The zero-order chi connectivity index (χ0) is 22.5. The van der Waals surface area contributed by atoms with E-state index in [1.807, 2.05) is 0 Å². The molecule has 3 rings (SSSR count). The Morgan fingerprint density at radius 3 is 2.61 bits per heavy atom. The molecule has 1 aliphatic heterocycles. The molecular formula is C18H19N5O8. The van der Waals surface area contributed by atoms with Crippen molar-refractivity contribution in [1.29, 1.82) is 0 Å². The van der Waals surface area contributed by atoms with E-state index < -0.39 is 21.9 Å². The minimum atomic E-state index is -1.06. The van der Waals surface area contributed by atoms with E-state index in [1.54, 1.807) is 32.0 Å². The summed E-state index contributed by atoms with van der Waals surface area (Å²) in [5, 5.41) is 31.6. The maximum Gasteiger partial charge on any atom is 0.336 e. The molecule has 1 aliphatic rings. The van der Waals surface area contributed by atoms with Crippen molar-refractivity contribution >= 4 is 17.0 Å². The number of allylic oxidation sites excluding steroid dienone is 3. The van der Waals surface area contributed by atoms with Gasteiger partial charge in [-0.3, -0.25) is 10.1 Å². The topological polar surface area (TPSA) is 173 Å². The summed E-state index contributed by atoms with van der Waals surface area (Å²) in [6.07, 6.45) is 0.626. The SMILES string of the molecule is CC1=C(C(=O)OCCCCO[N+](=O)[O-])C(c2cccc3nonc23)C([N+](=O)[O-])=C(C)N1. The number of esters is 1. The van der Waals surface area contributed by atoms with Crippen molar-refractivity contribution in [3.05, 3.63) is 66.7 Å². The summed E-state index contributed by atoms with van der Waals surface area (Å²) < 4.78 is 10.1. The molecule has 0 radical (unpaired) electrons. The molecule has 1 atom stereocenters. The molecule has 0 spiro atoms. The highest BCUT2D eigenvalue weighted by molar-refractivity contribution is 5.94. The zero-order valence-electron chi connectivity index (χ0n) is 16.7. The quantitative estimate of drug-likeness (QED) is 0.266. The second kappa shape index (κ2) is 9.19. The molecule has 164 valence electrons. The smallest absolute Gasteiger partial charge is 0.336 e. The van der Waals surface area contributed by atoms with Crippen LogP contribution in [-0.4, -0.2) is 39.5 Å². The lowest BCUT2D eigenvalue weighted by Crippen LogP contribution is -2.31. The number of hydrogen-bond acceptors (Lipinski definition) is 11. The average molecular weight is 433 g/mol. The number of hydrogen-bond donors (Lipinski definition) is 1. The van der Waals surface area contributed by atoms with Crippen LogP contribution in [0.4, 0.5) is 0 Å². The van der Waals surface area contributed by atoms with E-state index in [0.29, 0.717) is 35.1 Å². The lowest BCUT2D eigenvalue weighted by Gasteiger charge is -2.26. The van der Waals surface area contributed by atoms with E-state index in [9.17, 15) is 25.0 Å². The molecule has 0 bridgehead atoms. The van der Waals surface area contributed by atoms with Crippen molar-refractivity contribution in [1.82, 2.24) is 15.6 Å². The Morgan fingerprint density at radius 2 is 1.90 bits per heavy atom. The Balaban J connectivity index is 1.89. The largest absolute Gasteiger partial charge is 0.462 e. The number of carbonyl (C=O) groups excluding carboxylic acids is 1. The van der Waals surface area contributed by atoms with Crippen LogP contribution in [-0.2, 0) is 14.4 Å². The first-order chi connectivity index (χ1) is 14.8. The van der Waals surface area contributed by atoms with Gasteiger partial charge in [0.1, 0.15) is 17.0 Å². The molecule has 31 heavy (non-hydrogen) atoms. The van der Waals surface area contributed by atoms with Gasteiger partial charge in [0.05, 0.1) is 29.4 Å². The molecule has 0 saturated carbocycles. The molecule has 13 nitrogen and oxygen atoms in total. The van der Waals surface area contributed by atoms with Gasteiger partial charge >= 0.3 is 5.97 Å². The van der Waals surface area contributed by atoms with Crippen molar-refractivity contribution in [3.63, 3.8) is 0 Å². The Hall–Kier alpha value is -4.03. The second-order valence-corrected chi connectivity index (χ2v) is 6.74. The van der Waals surface area contributed by atoms with Crippen LogP contribution in [0.2, 0.25) is 0 Å². The predicted molar refractivity (Wildman–Crippen MR) is 103 cm³/mol. The summed E-state index contributed by atoms with van der Waals surface area (Å²) in [4.78, 5) is 38.6. The minimum absolute atomic E-state index is 0.0321. The summed E-state index contributed by atoms with van der Waals surface area (Å²) in [5.74, 6) is -1.80. The lowest BCUT2D eigenvalue weighted by molar-refractivity contribution is -0.757. The first kappa shape index (κ1) is 21.7. The van der Waals surface area contributed by atoms with Gasteiger partial charge in [0.25, 0.3) is 10.8 Å². The highest BCUT2D eigenvalue weighted by atomic mass is 16.9. The van der Waals surface area contributed by atoms with Gasteiger partial charge in [0.2, 0.25) is 0 Å². The Labute approximate surface area is 174 Å². The maximum absolute atomic E-state index is 12.9. The molecule has 1 N–H and O–H groups in total. The summed E-state index contributed by atoms with van der Waals surface area (Å²) in [7, 11) is 0. The first-order valence-corrected chi connectivity index (χ1v) is 9.29. The first-order valence-electron chi connectivity index (χ1n) is 9.29. The maximum atomic E-state index is 12.9. The van der Waals surface area contributed by atoms with Crippen molar-refractivity contribution in [2.45, 2.75) is 32.6 Å². The number of dihydropyridines is 1. The molecule has 13 heteroatoms. The van der Waals surface area contributed by atoms with Crippen LogP contribution in [0.5, 0.6) is 0 Å². The van der Waals surface area contributed by atoms with Gasteiger partial charge < -0.3 is 14.9 Å². The average Bonchev–Trinajstić information content (AvgIpc) is 3.18. The Bertz CT molecular complexity index is 1090. The number of benzene rings is 1. The van der Waals surface area contributed by atoms with Gasteiger partial charge in [-0.25, -0.2) is 9.42 Å². The fourth-order valence-corrected chi connectivity index (χ4v) is 3.44. The molecular weight excluding hydrogens is 414 g/mol. The van der Waals surface area contributed by atoms with Gasteiger partial charge in [0, 0.05) is 11.3 Å². The normalized spacial score (nSPS) is 16.3. The van der Waals surface area contributed by atoms with E-state index in [2.05, 4.69) is 20.5 Å². The standard InChI is InChI=1S/C18H19N5O8/c1-10-14(18(24)29-8-3-4-9-30-23(27)28)15(17(22(25)26)11(2)19-10)12-6-5-7-13-16(12)21-31-20-13/h5-7,15,19H,3-4,8-9H2,1-2H3. The van der Waals surface area contributed by atoms with Crippen molar-refractivity contribution in [2.75, 3.05) is 13.2 Å². The number of nitrogens with zero attached hydrogens (tertiary/aromatic N) is 4. The van der Waals surface area contributed by atoms with Crippen molar-refractivity contribution < 1.29 is 29.0 Å². The third-order valence-corrected chi connectivity index (χ3v) is 4.74. The third kappa shape index (κ3) is 4.60. The monoisotopic (exact) mass is 433 g/mol. The number of rotatable bonds is 9. The number of nitro groups is 1. The van der Waals surface area contributed by atoms with Gasteiger partial charge in [0.15, 0.2) is 0 Å². The van der Waals surface area contributed by atoms with Crippen LogP contribution >= 0.6 is 0 Å². The number of carbonyl (C=O) groups is 1. The molecule has 1 aromatic carbocycles. The van der Waals surface area contributed by atoms with E-state index >= 15 is 0 Å². The zero-order valence-corrected chi connectivity index (χ0v) is 16.7. The van der Waals surface area contributed by atoms with Crippen molar-refractivity contribution in [3.8, 4) is 0 Å². The van der Waals surface area contributed by atoms with Crippen LogP contribution in [0.1, 0.15) is 38.2 Å². The Kier molecular flexibility index (Phi) is 6.43. The minimum Gasteiger partial charge on any atom is -0.462 e. The summed E-state index contributed by atoms with van der Waals surface area (Å²) >= 11 is 0. The second-order valence-electron chi connectivity index (χ2n) is 6.74. The van der Waals surface area contributed by atoms with E-state index in [4.69, 9.17) is 9.37 Å². The highest BCUT2D eigenvalue weighted by Crippen LogP contribution is 2.40. The van der Waals surface area contributed by atoms with Gasteiger partial charge in [-0.05, 0) is 43.1 Å². The predicted octanol–water partition coefficient (Wildman–Crippen LogP) is 2.22. The summed E-state index contributed by atoms with van der Waals surface area (Å²) in [5.41, 5.74) is 1.63. The van der Waals surface area contributed by atoms with E-state index in [1.165, 1.54) is 0 Å². The number of aromatic nitrogens is 2. The highest BCUT2D eigenvalue weighted by Gasteiger charge is 2.42. The third-order valence-electron chi connectivity index (χ3n) is 4.74. The van der Waals surface area contributed by atoms with Crippen LogP contribution in [0.25, 0.3) is 11.0 Å². The number of ether oxygens (including phenoxy) is 1. The summed E-state index contributed by atoms with van der Waals surface area (Å²) in [6.45, 7) is 3.02. The van der Waals surface area contributed by atoms with E-state index in [0.717, 1.165) is 0 Å². The molecule has 0 aliphatic carbocycles. The van der Waals surface area contributed by atoms with Gasteiger partial charge in [-0.15, -0.1) is 10.1 Å². The van der Waals surface area contributed by atoms with E-state index in [-0.39, 0.29) is 30.2 Å². The van der Waals surface area contributed by atoms with Gasteiger partial charge in [-0.2, -0.15) is 0 Å². The van der Waals surface area contributed by atoms with Gasteiger partial charge in [-0.1, -0.05) is 12.1 Å².